The van der Waals surface area contributed by atoms with Crippen molar-refractivity contribution in [3.05, 3.63) is 48.5 Å². The predicted molar refractivity (Wildman–Crippen MR) is 72.9 cm³/mol. The number of aromatic nitrogens is 4. The van der Waals surface area contributed by atoms with Gasteiger partial charge in [-0.25, -0.2) is 4.68 Å². The van der Waals surface area contributed by atoms with Crippen LogP contribution >= 0.6 is 11.5 Å². The zero-order valence-corrected chi connectivity index (χ0v) is 11.2. The summed E-state index contributed by atoms with van der Waals surface area (Å²) < 4.78 is 11.7. The second-order valence-corrected chi connectivity index (χ2v) is 4.59. The Labute approximate surface area is 114 Å². The molecule has 6 heteroatoms. The number of ether oxygens (including phenoxy) is 1. The Morgan fingerprint density at radius 2 is 2.26 bits per heavy atom. The third-order valence-electron chi connectivity index (χ3n) is 2.56. The van der Waals surface area contributed by atoms with Crippen molar-refractivity contribution in [2.75, 3.05) is 0 Å². The van der Waals surface area contributed by atoms with Crippen LogP contribution in [0.15, 0.2) is 42.7 Å². The molecule has 0 bridgehead atoms. The number of hydrogen-bond donors (Lipinski definition) is 0. The molecule has 19 heavy (non-hydrogen) atoms. The van der Waals surface area contributed by atoms with E-state index in [2.05, 4.69) is 14.5 Å². The summed E-state index contributed by atoms with van der Waals surface area (Å²) in [5.41, 5.74) is 0.947. The van der Waals surface area contributed by atoms with Gasteiger partial charge in [0.2, 0.25) is 0 Å². The molecular weight excluding hydrogens is 260 g/mol. The molecule has 0 unspecified atom stereocenters. The third kappa shape index (κ3) is 2.63. The van der Waals surface area contributed by atoms with E-state index in [0.29, 0.717) is 5.19 Å². The van der Waals surface area contributed by atoms with Crippen LogP contribution in [0, 0.1) is 0 Å². The van der Waals surface area contributed by atoms with Crippen molar-refractivity contribution in [1.29, 1.82) is 0 Å². The average Bonchev–Trinajstić information content (AvgIpc) is 3.10. The summed E-state index contributed by atoms with van der Waals surface area (Å²) in [6.45, 7) is 2.02. The first-order chi connectivity index (χ1) is 9.35. The summed E-state index contributed by atoms with van der Waals surface area (Å²) in [6.07, 6.45) is 4.44. The molecule has 0 aliphatic heterocycles. The Morgan fingerprint density at radius 3 is 3.00 bits per heavy atom. The van der Waals surface area contributed by atoms with Gasteiger partial charge in [-0.05, 0) is 18.2 Å². The summed E-state index contributed by atoms with van der Waals surface area (Å²) in [6, 6.07) is 9.58. The minimum absolute atomic E-state index is 0.564. The summed E-state index contributed by atoms with van der Waals surface area (Å²) in [7, 11) is 0. The molecule has 0 aliphatic rings. The largest absolute Gasteiger partial charge is 0.430 e. The Hall–Kier alpha value is -2.21. The maximum atomic E-state index is 5.70. The van der Waals surface area contributed by atoms with Crippen LogP contribution in [0.4, 0.5) is 0 Å². The molecule has 96 valence electrons. The zero-order valence-electron chi connectivity index (χ0n) is 10.4. The minimum atomic E-state index is 0.564. The van der Waals surface area contributed by atoms with Gasteiger partial charge in [0.1, 0.15) is 11.6 Å². The van der Waals surface area contributed by atoms with Gasteiger partial charge < -0.3 is 4.74 Å². The lowest BCUT2D eigenvalue weighted by atomic mass is 10.3. The van der Waals surface area contributed by atoms with Crippen LogP contribution in [0.1, 0.15) is 12.7 Å². The fraction of sp³-hybridized carbons (Fsp3) is 0.154. The second-order valence-electron chi connectivity index (χ2n) is 3.88. The quantitative estimate of drug-likeness (QED) is 0.732. The van der Waals surface area contributed by atoms with Gasteiger partial charge in [0.15, 0.2) is 0 Å². The van der Waals surface area contributed by atoms with E-state index in [1.165, 1.54) is 11.5 Å². The van der Waals surface area contributed by atoms with E-state index < -0.39 is 0 Å². The first kappa shape index (κ1) is 11.9. The van der Waals surface area contributed by atoms with Crippen molar-refractivity contribution in [3.63, 3.8) is 0 Å². The first-order valence-electron chi connectivity index (χ1n) is 5.95. The molecule has 3 rings (SSSR count). The highest BCUT2D eigenvalue weighted by molar-refractivity contribution is 7.07. The molecule has 0 radical (unpaired) electrons. The topological polar surface area (TPSA) is 52.8 Å². The van der Waals surface area contributed by atoms with Gasteiger partial charge in [-0.3, -0.25) is 0 Å². The molecule has 3 aromatic rings. The van der Waals surface area contributed by atoms with Gasteiger partial charge in [-0.15, -0.1) is 0 Å². The van der Waals surface area contributed by atoms with Crippen molar-refractivity contribution < 1.29 is 4.74 Å². The summed E-state index contributed by atoms with van der Waals surface area (Å²) in [5.74, 6) is 1.54. The Kier molecular flexibility index (Phi) is 3.24. The molecule has 0 spiro atoms. The van der Waals surface area contributed by atoms with Gasteiger partial charge in [-0.2, -0.15) is 14.5 Å². The van der Waals surface area contributed by atoms with Gasteiger partial charge in [-0.1, -0.05) is 13.0 Å². The fourth-order valence-electron chi connectivity index (χ4n) is 1.63. The van der Waals surface area contributed by atoms with Crippen LogP contribution in [0.2, 0.25) is 0 Å². The Morgan fingerprint density at radius 1 is 1.32 bits per heavy atom. The number of benzene rings is 1. The Bertz CT molecular complexity index is 663. The van der Waals surface area contributed by atoms with Crippen molar-refractivity contribution in [1.82, 2.24) is 19.1 Å². The highest BCUT2D eigenvalue weighted by Gasteiger charge is 2.05. The van der Waals surface area contributed by atoms with Gasteiger partial charge in [0, 0.05) is 36.4 Å². The summed E-state index contributed by atoms with van der Waals surface area (Å²) >= 11 is 1.27. The number of nitrogens with zero attached hydrogens (tertiary/aromatic N) is 4. The van der Waals surface area contributed by atoms with E-state index in [4.69, 9.17) is 4.74 Å². The van der Waals surface area contributed by atoms with Crippen LogP contribution in [-0.2, 0) is 6.42 Å². The molecule has 0 saturated heterocycles. The average molecular weight is 272 g/mol. The van der Waals surface area contributed by atoms with Crippen LogP contribution < -0.4 is 4.74 Å². The van der Waals surface area contributed by atoms with Crippen molar-refractivity contribution >= 4 is 11.5 Å². The molecule has 2 aromatic heterocycles. The molecule has 0 amide bonds. The maximum Gasteiger partial charge on any atom is 0.298 e. The van der Waals surface area contributed by atoms with E-state index in [9.17, 15) is 0 Å². The summed E-state index contributed by atoms with van der Waals surface area (Å²) in [5, 5.41) is 4.75. The standard InChI is InChI=1S/C13H12N4OS/c1-2-12-15-13(19-16-12)18-11-6-3-5-10(9-11)17-8-4-7-14-17/h3-9H,2H2,1H3. The van der Waals surface area contributed by atoms with Crippen molar-refractivity contribution in [2.24, 2.45) is 0 Å². The molecular formula is C13H12N4OS. The molecule has 2 heterocycles. The molecule has 0 fully saturated rings. The number of rotatable bonds is 4. The molecule has 0 aliphatic carbocycles. The van der Waals surface area contributed by atoms with E-state index in [1.54, 1.807) is 10.9 Å². The molecule has 5 nitrogen and oxygen atoms in total. The van der Waals surface area contributed by atoms with Crippen LogP contribution in [0.5, 0.6) is 10.9 Å². The molecule has 0 atom stereocenters. The summed E-state index contributed by atoms with van der Waals surface area (Å²) in [4.78, 5) is 4.28. The SMILES string of the molecule is CCc1nsc(Oc2cccc(-n3cccn3)c2)n1. The minimum Gasteiger partial charge on any atom is -0.430 e. The second kappa shape index (κ2) is 5.19. The van der Waals surface area contributed by atoms with Gasteiger partial charge in [0.25, 0.3) is 5.19 Å². The molecule has 0 saturated carbocycles. The highest BCUT2D eigenvalue weighted by atomic mass is 32.1. The Balaban J connectivity index is 1.83. The lowest BCUT2D eigenvalue weighted by Crippen LogP contribution is -1.94. The van der Waals surface area contributed by atoms with E-state index in [0.717, 1.165) is 23.7 Å². The smallest absolute Gasteiger partial charge is 0.298 e. The number of hydrogen-bond acceptors (Lipinski definition) is 5. The van der Waals surface area contributed by atoms with Crippen LogP contribution in [0.25, 0.3) is 5.69 Å². The van der Waals surface area contributed by atoms with E-state index in [1.807, 2.05) is 43.5 Å². The fourth-order valence-corrected chi connectivity index (χ4v) is 2.27. The highest BCUT2D eigenvalue weighted by Crippen LogP contribution is 2.24. The van der Waals surface area contributed by atoms with Gasteiger partial charge >= 0.3 is 0 Å². The van der Waals surface area contributed by atoms with Crippen molar-refractivity contribution in [2.45, 2.75) is 13.3 Å². The maximum absolute atomic E-state index is 5.70. The zero-order chi connectivity index (χ0) is 13.1. The molecule has 1 aromatic carbocycles. The normalized spacial score (nSPS) is 10.6. The van der Waals surface area contributed by atoms with Crippen LogP contribution in [0.3, 0.4) is 0 Å². The first-order valence-corrected chi connectivity index (χ1v) is 6.73. The number of aryl methyl sites for hydroxylation is 1. The van der Waals surface area contributed by atoms with E-state index >= 15 is 0 Å². The van der Waals surface area contributed by atoms with Crippen molar-refractivity contribution in [3.8, 4) is 16.6 Å². The van der Waals surface area contributed by atoms with Crippen LogP contribution in [-0.4, -0.2) is 19.1 Å². The lowest BCUT2D eigenvalue weighted by molar-refractivity contribution is 0.477. The predicted octanol–water partition coefficient (Wildman–Crippen LogP) is 3.08. The monoisotopic (exact) mass is 272 g/mol. The van der Waals surface area contributed by atoms with Gasteiger partial charge in [0.05, 0.1) is 5.69 Å². The van der Waals surface area contributed by atoms with E-state index in [-0.39, 0.29) is 0 Å². The third-order valence-corrected chi connectivity index (χ3v) is 3.19. The lowest BCUT2D eigenvalue weighted by Gasteiger charge is -2.04. The molecule has 0 N–H and O–H groups in total.